The number of hydrogen-bond donors (Lipinski definition) is 1. The summed E-state index contributed by atoms with van der Waals surface area (Å²) in [7, 11) is 0. The molecule has 0 spiro atoms. The maximum absolute atomic E-state index is 13.0. The van der Waals surface area contributed by atoms with Gasteiger partial charge >= 0.3 is 0 Å². The average molecular weight is 274 g/mol. The van der Waals surface area contributed by atoms with Gasteiger partial charge in [0.2, 0.25) is 0 Å². The summed E-state index contributed by atoms with van der Waals surface area (Å²) in [5.41, 5.74) is 3.72. The van der Waals surface area contributed by atoms with Gasteiger partial charge in [0.1, 0.15) is 11.6 Å². The molecule has 2 aromatic carbocycles. The Bertz CT molecular complexity index is 651. The fraction of sp³-hybridized carbons (Fsp3) is 0.0667. The van der Waals surface area contributed by atoms with Crippen LogP contribution in [0.2, 0.25) is 0 Å². The van der Waals surface area contributed by atoms with E-state index in [9.17, 15) is 13.6 Å². The summed E-state index contributed by atoms with van der Waals surface area (Å²) in [6, 6.07) is 11.0. The van der Waals surface area contributed by atoms with Crippen LogP contribution < -0.4 is 5.43 Å². The summed E-state index contributed by atoms with van der Waals surface area (Å²) in [5, 5.41) is 3.90. The van der Waals surface area contributed by atoms with Gasteiger partial charge in [-0.15, -0.1) is 0 Å². The molecule has 0 aromatic heterocycles. The number of amides is 1. The van der Waals surface area contributed by atoms with Gasteiger partial charge in [0.05, 0.1) is 5.71 Å². The molecule has 0 aliphatic rings. The van der Waals surface area contributed by atoms with Crippen molar-refractivity contribution in [3.63, 3.8) is 0 Å². The molecule has 0 aliphatic heterocycles. The van der Waals surface area contributed by atoms with E-state index in [0.29, 0.717) is 11.3 Å². The second-order valence-electron chi connectivity index (χ2n) is 4.16. The van der Waals surface area contributed by atoms with Gasteiger partial charge < -0.3 is 0 Å². The van der Waals surface area contributed by atoms with E-state index >= 15 is 0 Å². The number of carbonyl (C=O) groups is 1. The van der Waals surface area contributed by atoms with Crippen LogP contribution in [0.3, 0.4) is 0 Å². The monoisotopic (exact) mass is 274 g/mol. The van der Waals surface area contributed by atoms with E-state index in [1.54, 1.807) is 19.1 Å². The molecule has 0 unspecified atom stereocenters. The summed E-state index contributed by atoms with van der Waals surface area (Å²) in [4.78, 5) is 11.7. The first kappa shape index (κ1) is 13.9. The van der Waals surface area contributed by atoms with E-state index in [2.05, 4.69) is 10.5 Å². The van der Waals surface area contributed by atoms with Gasteiger partial charge in [-0.05, 0) is 42.8 Å². The highest BCUT2D eigenvalue weighted by Gasteiger charge is 2.05. The molecule has 0 saturated heterocycles. The molecule has 0 bridgehead atoms. The molecule has 0 fully saturated rings. The maximum atomic E-state index is 13.0. The van der Waals surface area contributed by atoms with Crippen LogP contribution in [0, 0.1) is 11.6 Å². The van der Waals surface area contributed by atoms with Crippen molar-refractivity contribution in [2.75, 3.05) is 0 Å². The lowest BCUT2D eigenvalue weighted by molar-refractivity contribution is 0.0954. The standard InChI is InChI=1S/C15H12F2N2O/c1-10(11-5-7-13(16)8-6-11)18-19-15(20)12-3-2-4-14(17)9-12/h2-9H,1H3,(H,19,20)/b18-10+. The van der Waals surface area contributed by atoms with E-state index in [0.717, 1.165) is 6.07 Å². The molecule has 2 rings (SSSR count). The minimum absolute atomic E-state index is 0.181. The summed E-state index contributed by atoms with van der Waals surface area (Å²) in [6.45, 7) is 1.68. The highest BCUT2D eigenvalue weighted by Crippen LogP contribution is 2.05. The number of nitrogens with one attached hydrogen (secondary N) is 1. The third kappa shape index (κ3) is 3.47. The van der Waals surface area contributed by atoms with Crippen LogP contribution in [0.5, 0.6) is 0 Å². The average Bonchev–Trinajstić information content (AvgIpc) is 2.45. The molecule has 0 atom stereocenters. The molecule has 1 N–H and O–H groups in total. The number of hydrogen-bond acceptors (Lipinski definition) is 2. The van der Waals surface area contributed by atoms with Crippen molar-refractivity contribution in [2.45, 2.75) is 6.92 Å². The highest BCUT2D eigenvalue weighted by atomic mass is 19.1. The molecule has 1 amide bonds. The molecule has 5 heteroatoms. The zero-order chi connectivity index (χ0) is 14.5. The first-order chi connectivity index (χ1) is 9.56. The maximum Gasteiger partial charge on any atom is 0.271 e. The van der Waals surface area contributed by atoms with E-state index < -0.39 is 11.7 Å². The highest BCUT2D eigenvalue weighted by molar-refractivity contribution is 6.00. The number of hydrazone groups is 1. The largest absolute Gasteiger partial charge is 0.271 e. The van der Waals surface area contributed by atoms with Crippen LogP contribution in [0.1, 0.15) is 22.8 Å². The fourth-order valence-electron chi connectivity index (χ4n) is 1.58. The van der Waals surface area contributed by atoms with Crippen molar-refractivity contribution >= 4 is 11.6 Å². The SMILES string of the molecule is C/C(=N\NC(=O)c1cccc(F)c1)c1ccc(F)cc1. The zero-order valence-electron chi connectivity index (χ0n) is 10.7. The molecule has 2 aromatic rings. The van der Waals surface area contributed by atoms with Crippen LogP contribution in [-0.4, -0.2) is 11.6 Å². The lowest BCUT2D eigenvalue weighted by Gasteiger charge is -2.03. The number of halogens is 2. The molecule has 0 radical (unpaired) electrons. The van der Waals surface area contributed by atoms with Gasteiger partial charge in [-0.2, -0.15) is 5.10 Å². The first-order valence-electron chi connectivity index (χ1n) is 5.92. The van der Waals surface area contributed by atoms with Gasteiger partial charge in [0.25, 0.3) is 5.91 Å². The lowest BCUT2D eigenvalue weighted by Crippen LogP contribution is -2.19. The molecule has 0 heterocycles. The van der Waals surface area contributed by atoms with Gasteiger partial charge in [-0.3, -0.25) is 4.79 Å². The minimum Gasteiger partial charge on any atom is -0.267 e. The van der Waals surface area contributed by atoms with Gasteiger partial charge in [-0.25, -0.2) is 14.2 Å². The summed E-state index contributed by atoms with van der Waals surface area (Å²) < 4.78 is 25.8. The smallest absolute Gasteiger partial charge is 0.267 e. The number of benzene rings is 2. The quantitative estimate of drug-likeness (QED) is 0.678. The van der Waals surface area contributed by atoms with Crippen molar-refractivity contribution in [3.05, 3.63) is 71.3 Å². The Hall–Kier alpha value is -2.56. The number of nitrogens with zero attached hydrogens (tertiary/aromatic N) is 1. The lowest BCUT2D eigenvalue weighted by atomic mass is 10.1. The molecular formula is C15H12F2N2O. The van der Waals surface area contributed by atoms with E-state index in [4.69, 9.17) is 0 Å². The molecule has 20 heavy (non-hydrogen) atoms. The molecule has 0 saturated carbocycles. The van der Waals surface area contributed by atoms with Gasteiger partial charge in [0.15, 0.2) is 0 Å². The first-order valence-corrected chi connectivity index (χ1v) is 5.92. The zero-order valence-corrected chi connectivity index (χ0v) is 10.7. The van der Waals surface area contributed by atoms with Crippen molar-refractivity contribution in [1.82, 2.24) is 5.43 Å². The van der Waals surface area contributed by atoms with Crippen LogP contribution in [0.4, 0.5) is 8.78 Å². The Balaban J connectivity index is 2.08. The molecule has 0 aliphatic carbocycles. The number of carbonyl (C=O) groups excluding carboxylic acids is 1. The topological polar surface area (TPSA) is 41.5 Å². The normalized spacial score (nSPS) is 11.2. The minimum atomic E-state index is -0.508. The summed E-state index contributed by atoms with van der Waals surface area (Å²) >= 11 is 0. The fourth-order valence-corrected chi connectivity index (χ4v) is 1.58. The van der Waals surface area contributed by atoms with Crippen LogP contribution in [0.15, 0.2) is 53.6 Å². The molecular weight excluding hydrogens is 262 g/mol. The Kier molecular flexibility index (Phi) is 4.20. The van der Waals surface area contributed by atoms with Crippen LogP contribution >= 0.6 is 0 Å². The third-order valence-electron chi connectivity index (χ3n) is 2.67. The van der Waals surface area contributed by atoms with E-state index in [1.807, 2.05) is 0 Å². The van der Waals surface area contributed by atoms with Crippen molar-refractivity contribution in [2.24, 2.45) is 5.10 Å². The second-order valence-corrected chi connectivity index (χ2v) is 4.16. The van der Waals surface area contributed by atoms with Crippen LogP contribution in [-0.2, 0) is 0 Å². The third-order valence-corrected chi connectivity index (χ3v) is 2.67. The van der Waals surface area contributed by atoms with E-state index in [1.165, 1.54) is 30.3 Å². The molecule has 102 valence electrons. The predicted molar refractivity (Wildman–Crippen MR) is 72.5 cm³/mol. The predicted octanol–water partition coefficient (Wildman–Crippen LogP) is 3.12. The van der Waals surface area contributed by atoms with E-state index in [-0.39, 0.29) is 11.4 Å². The van der Waals surface area contributed by atoms with Crippen molar-refractivity contribution in [3.8, 4) is 0 Å². The Morgan fingerprint density at radius 2 is 1.70 bits per heavy atom. The summed E-state index contributed by atoms with van der Waals surface area (Å²) in [6.07, 6.45) is 0. The molecule has 3 nitrogen and oxygen atoms in total. The second kappa shape index (κ2) is 6.06. The summed E-state index contributed by atoms with van der Waals surface area (Å²) in [5.74, 6) is -1.34. The Morgan fingerprint density at radius 1 is 1.00 bits per heavy atom. The van der Waals surface area contributed by atoms with Crippen molar-refractivity contribution < 1.29 is 13.6 Å². The van der Waals surface area contributed by atoms with Gasteiger partial charge in [-0.1, -0.05) is 18.2 Å². The Morgan fingerprint density at radius 3 is 2.35 bits per heavy atom. The number of rotatable bonds is 3. The van der Waals surface area contributed by atoms with Crippen LogP contribution in [0.25, 0.3) is 0 Å². The Labute approximate surface area is 114 Å². The van der Waals surface area contributed by atoms with Gasteiger partial charge in [0, 0.05) is 5.56 Å². The van der Waals surface area contributed by atoms with Crippen molar-refractivity contribution in [1.29, 1.82) is 0 Å².